The zero-order valence-corrected chi connectivity index (χ0v) is 24.4. The summed E-state index contributed by atoms with van der Waals surface area (Å²) >= 11 is 0. The van der Waals surface area contributed by atoms with Crippen molar-refractivity contribution in [1.82, 2.24) is 0 Å². The highest BCUT2D eigenvalue weighted by Crippen LogP contribution is 2.61. The number of allylic oxidation sites excluding steroid dienone is 7. The smallest absolute Gasteiger partial charge is 0.123 e. The van der Waals surface area contributed by atoms with Crippen molar-refractivity contribution >= 4 is 5.69 Å². The van der Waals surface area contributed by atoms with Gasteiger partial charge in [-0.05, 0) is 110 Å². The van der Waals surface area contributed by atoms with Crippen LogP contribution >= 0.6 is 0 Å². The first-order valence-electron chi connectivity index (χ1n) is 13.9. The summed E-state index contributed by atoms with van der Waals surface area (Å²) in [7, 11) is 0. The van der Waals surface area contributed by atoms with Crippen molar-refractivity contribution in [3.8, 4) is 0 Å². The Morgan fingerprint density at radius 3 is 2.23 bits per heavy atom. The Morgan fingerprint density at radius 1 is 1.03 bits per heavy atom. The maximum absolute atomic E-state index is 13.2. The summed E-state index contributed by atoms with van der Waals surface area (Å²) in [4.78, 5) is 0. The predicted molar refractivity (Wildman–Crippen MR) is 165 cm³/mol. The average Bonchev–Trinajstić information content (AvgIpc) is 3.17. The fraction of sp³-hybridized carbons (Fsp3) is 0.371. The molecule has 0 heterocycles. The molecule has 0 spiro atoms. The molecular formula is C35H46F2N2. The summed E-state index contributed by atoms with van der Waals surface area (Å²) in [6.45, 7) is 19.0. The molecule has 0 amide bonds. The van der Waals surface area contributed by atoms with E-state index in [9.17, 15) is 8.78 Å². The fourth-order valence-electron chi connectivity index (χ4n) is 5.56. The predicted octanol–water partition coefficient (Wildman–Crippen LogP) is 9.47. The topological polar surface area (TPSA) is 38.0 Å². The van der Waals surface area contributed by atoms with Gasteiger partial charge in [0.2, 0.25) is 0 Å². The monoisotopic (exact) mass is 532 g/mol. The van der Waals surface area contributed by atoms with Gasteiger partial charge in [0.05, 0.1) is 0 Å². The van der Waals surface area contributed by atoms with Crippen LogP contribution in [0.15, 0.2) is 103 Å². The largest absolute Gasteiger partial charge is 0.405 e. The number of nitrogens with two attached hydrogens (primary N) is 1. The van der Waals surface area contributed by atoms with E-state index in [4.69, 9.17) is 0 Å². The molecule has 2 aromatic rings. The number of benzene rings is 2. The lowest BCUT2D eigenvalue weighted by Crippen LogP contribution is -2.34. The van der Waals surface area contributed by atoms with Crippen molar-refractivity contribution in [2.45, 2.75) is 66.7 Å². The standard InChI is InChI=1S/C23H27F.C10H14FN.C2H5N/c1-5-7-18-16-23(4)20(12-13-22(23,3)6-2)15-19(18)14-17-8-10-21(24)11-9-17;1-3-8-7-9(11)5-6-10(8)12-4-2;1-2-3/h5-11,15H,2,12-14,16H2,1,3-4H3;5-7,12H,3-4H2,1-2H3;2H,1,3H2/b7-5-;;. The number of hydrogen-bond donors (Lipinski definition) is 2. The number of fused-ring (bicyclic) bond motifs is 1. The van der Waals surface area contributed by atoms with Crippen LogP contribution < -0.4 is 11.1 Å². The Labute approximate surface area is 235 Å². The molecular weight excluding hydrogens is 486 g/mol. The molecule has 2 aliphatic rings. The van der Waals surface area contributed by atoms with Crippen LogP contribution in [-0.2, 0) is 12.8 Å². The highest BCUT2D eigenvalue weighted by molar-refractivity contribution is 5.51. The lowest BCUT2D eigenvalue weighted by Gasteiger charge is -2.43. The van der Waals surface area contributed by atoms with E-state index in [-0.39, 0.29) is 22.5 Å². The molecule has 0 aromatic heterocycles. The molecule has 2 nitrogen and oxygen atoms in total. The lowest BCUT2D eigenvalue weighted by molar-refractivity contribution is 0.201. The van der Waals surface area contributed by atoms with Crippen LogP contribution in [0, 0.1) is 22.5 Å². The van der Waals surface area contributed by atoms with Gasteiger partial charge < -0.3 is 11.1 Å². The summed E-state index contributed by atoms with van der Waals surface area (Å²) in [6.07, 6.45) is 15.3. The molecule has 1 fully saturated rings. The molecule has 1 saturated carbocycles. The van der Waals surface area contributed by atoms with Gasteiger partial charge in [-0.25, -0.2) is 8.78 Å². The number of anilines is 1. The van der Waals surface area contributed by atoms with Gasteiger partial charge in [-0.1, -0.05) is 69.4 Å². The first-order valence-corrected chi connectivity index (χ1v) is 13.9. The second kappa shape index (κ2) is 14.7. The molecule has 0 radical (unpaired) electrons. The van der Waals surface area contributed by atoms with Crippen LogP contribution in [0.2, 0.25) is 0 Å². The summed E-state index contributed by atoms with van der Waals surface area (Å²) in [5.74, 6) is -0.331. The third kappa shape index (κ3) is 7.81. The second-order valence-corrected chi connectivity index (χ2v) is 10.6. The Balaban J connectivity index is 0.000000298. The SMILES string of the molecule is C=CC1(C)CCC2=CC(Cc3ccc(F)cc3)=C(/C=C\C)CC21C.C=CN.CCNc1ccc(F)cc1CC. The van der Waals surface area contributed by atoms with Gasteiger partial charge in [0, 0.05) is 17.6 Å². The third-order valence-corrected chi connectivity index (χ3v) is 8.13. The molecule has 4 heteroatoms. The Kier molecular flexibility index (Phi) is 12.0. The van der Waals surface area contributed by atoms with Crippen molar-refractivity contribution in [1.29, 1.82) is 0 Å². The molecule has 4 rings (SSSR count). The highest BCUT2D eigenvalue weighted by atomic mass is 19.1. The molecule has 2 atom stereocenters. The van der Waals surface area contributed by atoms with E-state index in [1.807, 2.05) is 26.0 Å². The normalized spacial score (nSPS) is 21.7. The van der Waals surface area contributed by atoms with Crippen LogP contribution in [-0.4, -0.2) is 6.54 Å². The van der Waals surface area contributed by atoms with E-state index < -0.39 is 0 Å². The van der Waals surface area contributed by atoms with Gasteiger partial charge in [0.25, 0.3) is 0 Å². The van der Waals surface area contributed by atoms with Crippen molar-refractivity contribution in [2.75, 3.05) is 11.9 Å². The molecule has 3 N–H and O–H groups in total. The van der Waals surface area contributed by atoms with Gasteiger partial charge in [-0.2, -0.15) is 0 Å². The Bertz CT molecular complexity index is 1210. The molecule has 2 aliphatic carbocycles. The van der Waals surface area contributed by atoms with Crippen molar-refractivity contribution in [2.24, 2.45) is 16.6 Å². The summed E-state index contributed by atoms with van der Waals surface area (Å²) < 4.78 is 25.9. The minimum Gasteiger partial charge on any atom is -0.405 e. The minimum atomic E-state index is -0.173. The van der Waals surface area contributed by atoms with Gasteiger partial charge in [-0.15, -0.1) is 6.58 Å². The molecule has 210 valence electrons. The van der Waals surface area contributed by atoms with Gasteiger partial charge in [-0.3, -0.25) is 0 Å². The van der Waals surface area contributed by atoms with E-state index in [1.165, 1.54) is 35.4 Å². The quantitative estimate of drug-likeness (QED) is 0.349. The number of hydrogen-bond acceptors (Lipinski definition) is 2. The summed E-state index contributed by atoms with van der Waals surface area (Å²) in [5, 5.41) is 3.19. The van der Waals surface area contributed by atoms with E-state index >= 15 is 0 Å². The summed E-state index contributed by atoms with van der Waals surface area (Å²) in [5.41, 5.74) is 12.5. The van der Waals surface area contributed by atoms with Crippen LogP contribution in [0.5, 0.6) is 0 Å². The average molecular weight is 533 g/mol. The van der Waals surface area contributed by atoms with E-state index in [0.717, 1.165) is 43.5 Å². The fourth-order valence-corrected chi connectivity index (χ4v) is 5.56. The van der Waals surface area contributed by atoms with Crippen LogP contribution in [0.1, 0.15) is 65.0 Å². The number of rotatable bonds is 7. The first-order chi connectivity index (χ1) is 18.6. The van der Waals surface area contributed by atoms with Crippen molar-refractivity contribution in [3.05, 3.63) is 126 Å². The van der Waals surface area contributed by atoms with Gasteiger partial charge >= 0.3 is 0 Å². The maximum atomic E-state index is 13.2. The zero-order chi connectivity index (χ0) is 29.1. The van der Waals surface area contributed by atoms with Crippen molar-refractivity contribution < 1.29 is 8.78 Å². The second-order valence-electron chi connectivity index (χ2n) is 10.6. The zero-order valence-electron chi connectivity index (χ0n) is 24.4. The molecule has 39 heavy (non-hydrogen) atoms. The number of aryl methyl sites for hydroxylation is 1. The molecule has 0 aliphatic heterocycles. The van der Waals surface area contributed by atoms with Gasteiger partial charge in [0.1, 0.15) is 11.6 Å². The van der Waals surface area contributed by atoms with E-state index in [1.54, 1.807) is 29.8 Å². The number of nitrogens with one attached hydrogen (secondary N) is 1. The number of halogens is 2. The molecule has 2 unspecified atom stereocenters. The Morgan fingerprint density at radius 2 is 1.67 bits per heavy atom. The van der Waals surface area contributed by atoms with Crippen molar-refractivity contribution in [3.63, 3.8) is 0 Å². The highest BCUT2D eigenvalue weighted by Gasteiger charge is 2.51. The first kappa shape index (κ1) is 31.8. The Hall–Kier alpha value is -3.40. The van der Waals surface area contributed by atoms with Crippen LogP contribution in [0.3, 0.4) is 0 Å². The van der Waals surface area contributed by atoms with Gasteiger partial charge in [0.15, 0.2) is 0 Å². The maximum Gasteiger partial charge on any atom is 0.123 e. The van der Waals surface area contributed by atoms with Crippen LogP contribution in [0.25, 0.3) is 0 Å². The minimum absolute atomic E-state index is 0.159. The molecule has 0 bridgehead atoms. The van der Waals surface area contributed by atoms with Crippen LogP contribution in [0.4, 0.5) is 14.5 Å². The van der Waals surface area contributed by atoms with E-state index in [0.29, 0.717) is 0 Å². The molecule has 2 aromatic carbocycles. The lowest BCUT2D eigenvalue weighted by atomic mass is 9.61. The molecule has 0 saturated heterocycles. The summed E-state index contributed by atoms with van der Waals surface area (Å²) in [6, 6.07) is 11.7. The third-order valence-electron chi connectivity index (χ3n) is 8.13. The van der Waals surface area contributed by atoms with E-state index in [2.05, 4.69) is 69.3 Å².